The minimum Gasteiger partial charge on any atom is -0.464 e. The summed E-state index contributed by atoms with van der Waals surface area (Å²) in [6.45, 7) is 2.71. The van der Waals surface area contributed by atoms with E-state index in [9.17, 15) is 4.79 Å². The lowest BCUT2D eigenvalue weighted by molar-refractivity contribution is -0.120. The Balaban J connectivity index is 1.33. The van der Waals surface area contributed by atoms with Gasteiger partial charge >= 0.3 is 0 Å². The summed E-state index contributed by atoms with van der Waals surface area (Å²) in [5.74, 6) is 0.0377. The number of nitrogens with one attached hydrogen (secondary N) is 1. The fourth-order valence-electron chi connectivity index (χ4n) is 3.39. The molecule has 1 amide bonds. The van der Waals surface area contributed by atoms with Crippen LogP contribution in [0.15, 0.2) is 52.5 Å². The highest BCUT2D eigenvalue weighted by molar-refractivity contribution is 7.09. The van der Waals surface area contributed by atoms with E-state index in [4.69, 9.17) is 4.42 Å². The lowest BCUT2D eigenvalue weighted by Gasteiger charge is -2.05. The maximum absolute atomic E-state index is 12.4. The number of aromatic nitrogens is 1. The van der Waals surface area contributed by atoms with E-state index in [0.29, 0.717) is 13.0 Å². The Morgan fingerprint density at radius 2 is 2.07 bits per heavy atom. The lowest BCUT2D eigenvalue weighted by atomic mass is 10.0. The molecule has 0 saturated carbocycles. The molecule has 0 atom stereocenters. The van der Waals surface area contributed by atoms with E-state index in [1.165, 1.54) is 5.01 Å². The molecule has 0 aliphatic carbocycles. The molecule has 0 radical (unpaired) electrons. The molecule has 4 aromatic rings. The fraction of sp³-hybridized carbons (Fsp3) is 0.273. The molecule has 4 nitrogen and oxygen atoms in total. The van der Waals surface area contributed by atoms with Gasteiger partial charge in [-0.2, -0.15) is 0 Å². The smallest absolute Gasteiger partial charge is 0.224 e. The first-order valence-corrected chi connectivity index (χ1v) is 10.1. The van der Waals surface area contributed by atoms with Crippen LogP contribution in [0.1, 0.15) is 29.1 Å². The maximum atomic E-state index is 12.4. The average molecular weight is 378 g/mol. The van der Waals surface area contributed by atoms with Gasteiger partial charge < -0.3 is 9.73 Å². The Morgan fingerprint density at radius 1 is 1.19 bits per heavy atom. The molecule has 1 N–H and O–H groups in total. The molecule has 2 aromatic carbocycles. The average Bonchev–Trinajstić information content (AvgIpc) is 3.28. The van der Waals surface area contributed by atoms with Crippen molar-refractivity contribution < 1.29 is 9.21 Å². The highest BCUT2D eigenvalue weighted by atomic mass is 32.1. The molecule has 27 heavy (non-hydrogen) atoms. The van der Waals surface area contributed by atoms with Gasteiger partial charge in [-0.25, -0.2) is 4.98 Å². The molecule has 0 unspecified atom stereocenters. The van der Waals surface area contributed by atoms with Crippen LogP contribution in [0.5, 0.6) is 0 Å². The summed E-state index contributed by atoms with van der Waals surface area (Å²) in [6, 6.07) is 12.2. The fourth-order valence-corrected chi connectivity index (χ4v) is 4.20. The van der Waals surface area contributed by atoms with Gasteiger partial charge in [-0.15, -0.1) is 11.3 Å². The van der Waals surface area contributed by atoms with Crippen LogP contribution >= 0.6 is 11.3 Å². The Hall–Kier alpha value is -2.66. The van der Waals surface area contributed by atoms with Crippen molar-refractivity contribution >= 4 is 39.0 Å². The summed E-state index contributed by atoms with van der Waals surface area (Å²) in [5, 5.41) is 9.62. The van der Waals surface area contributed by atoms with Gasteiger partial charge in [0.2, 0.25) is 5.91 Å². The van der Waals surface area contributed by atoms with Crippen molar-refractivity contribution in [2.75, 3.05) is 6.54 Å². The molecule has 5 heteroatoms. The van der Waals surface area contributed by atoms with E-state index >= 15 is 0 Å². The van der Waals surface area contributed by atoms with Crippen molar-refractivity contribution in [3.63, 3.8) is 0 Å². The standard InChI is InChI=1S/C22H22N2O2S/c1-15-14-27-21(24-15)8-4-5-11-23-20(25)12-17-13-26-19-10-9-16-6-2-3-7-18(16)22(17)19/h2-3,6-7,9-10,13-14H,4-5,8,11-12H2,1H3,(H,23,25). The van der Waals surface area contributed by atoms with Crippen molar-refractivity contribution in [2.45, 2.75) is 32.6 Å². The van der Waals surface area contributed by atoms with Crippen molar-refractivity contribution in [3.05, 3.63) is 64.3 Å². The number of nitrogens with zero attached hydrogens (tertiary/aromatic N) is 1. The molecule has 2 aromatic heterocycles. The van der Waals surface area contributed by atoms with E-state index in [1.807, 2.05) is 25.1 Å². The van der Waals surface area contributed by atoms with Gasteiger partial charge in [0.25, 0.3) is 0 Å². The number of amides is 1. The van der Waals surface area contributed by atoms with E-state index < -0.39 is 0 Å². The first-order chi connectivity index (χ1) is 13.2. The summed E-state index contributed by atoms with van der Waals surface area (Å²) in [7, 11) is 0. The summed E-state index contributed by atoms with van der Waals surface area (Å²) in [4.78, 5) is 16.8. The van der Waals surface area contributed by atoms with Crippen LogP contribution in [-0.2, 0) is 17.6 Å². The summed E-state index contributed by atoms with van der Waals surface area (Å²) < 4.78 is 5.67. The quantitative estimate of drug-likeness (QED) is 0.459. The van der Waals surface area contributed by atoms with Crippen LogP contribution < -0.4 is 5.32 Å². The molecule has 0 fully saturated rings. The van der Waals surface area contributed by atoms with Gasteiger partial charge in [0.1, 0.15) is 5.58 Å². The summed E-state index contributed by atoms with van der Waals surface area (Å²) in [6.07, 6.45) is 5.02. The molecular weight excluding hydrogens is 356 g/mol. The zero-order chi connectivity index (χ0) is 18.6. The summed E-state index contributed by atoms with van der Waals surface area (Å²) >= 11 is 1.71. The first kappa shape index (κ1) is 17.7. The van der Waals surface area contributed by atoms with Crippen molar-refractivity contribution in [3.8, 4) is 0 Å². The monoisotopic (exact) mass is 378 g/mol. The number of hydrogen-bond donors (Lipinski definition) is 1. The number of carbonyl (C=O) groups excluding carboxylic acids is 1. The number of thiazole rings is 1. The predicted molar refractivity (Wildman–Crippen MR) is 110 cm³/mol. The largest absolute Gasteiger partial charge is 0.464 e. The molecule has 138 valence electrons. The molecular formula is C22H22N2O2S. The molecule has 0 saturated heterocycles. The van der Waals surface area contributed by atoms with Crippen molar-refractivity contribution in [1.82, 2.24) is 10.3 Å². The van der Waals surface area contributed by atoms with Gasteiger partial charge in [0, 0.05) is 28.6 Å². The van der Waals surface area contributed by atoms with Crippen LogP contribution in [-0.4, -0.2) is 17.4 Å². The van der Waals surface area contributed by atoms with Gasteiger partial charge in [-0.3, -0.25) is 4.79 Å². The normalized spacial score (nSPS) is 11.3. The Kier molecular flexibility index (Phi) is 5.21. The second-order valence-corrected chi connectivity index (χ2v) is 7.73. The van der Waals surface area contributed by atoms with Crippen LogP contribution in [0.25, 0.3) is 21.7 Å². The topological polar surface area (TPSA) is 55.1 Å². The number of carbonyl (C=O) groups is 1. The van der Waals surface area contributed by atoms with E-state index in [-0.39, 0.29) is 5.91 Å². The second-order valence-electron chi connectivity index (χ2n) is 6.79. The third-order valence-electron chi connectivity index (χ3n) is 4.70. The maximum Gasteiger partial charge on any atom is 0.224 e. The zero-order valence-corrected chi connectivity index (χ0v) is 16.1. The highest BCUT2D eigenvalue weighted by Crippen LogP contribution is 2.30. The predicted octanol–water partition coefficient (Wildman–Crippen LogP) is 5.03. The Labute approximate surface area is 162 Å². The number of unbranched alkanes of at least 4 members (excludes halogenated alkanes) is 1. The minimum atomic E-state index is 0.0377. The van der Waals surface area contributed by atoms with Crippen molar-refractivity contribution in [2.24, 2.45) is 0 Å². The third-order valence-corrected chi connectivity index (χ3v) is 5.72. The van der Waals surface area contributed by atoms with Gasteiger partial charge in [-0.05, 0) is 43.0 Å². The molecule has 2 heterocycles. The van der Waals surface area contributed by atoms with E-state index in [2.05, 4.69) is 33.9 Å². The molecule has 0 bridgehead atoms. The highest BCUT2D eigenvalue weighted by Gasteiger charge is 2.13. The van der Waals surface area contributed by atoms with Crippen molar-refractivity contribution in [1.29, 1.82) is 0 Å². The van der Waals surface area contributed by atoms with Crippen LogP contribution in [0.2, 0.25) is 0 Å². The first-order valence-electron chi connectivity index (χ1n) is 9.26. The molecule has 0 aliphatic heterocycles. The molecule has 4 rings (SSSR count). The Bertz CT molecular complexity index is 1080. The van der Waals surface area contributed by atoms with E-state index in [1.54, 1.807) is 17.6 Å². The van der Waals surface area contributed by atoms with E-state index in [0.717, 1.165) is 52.3 Å². The number of fused-ring (bicyclic) bond motifs is 3. The number of furan rings is 1. The molecule has 0 aliphatic rings. The summed E-state index contributed by atoms with van der Waals surface area (Å²) in [5.41, 5.74) is 2.86. The Morgan fingerprint density at radius 3 is 2.93 bits per heavy atom. The van der Waals surface area contributed by atoms with Gasteiger partial charge in [0.15, 0.2) is 0 Å². The number of hydrogen-bond acceptors (Lipinski definition) is 4. The van der Waals surface area contributed by atoms with Crippen LogP contribution in [0.3, 0.4) is 0 Å². The second kappa shape index (κ2) is 7.92. The van der Waals surface area contributed by atoms with Crippen LogP contribution in [0.4, 0.5) is 0 Å². The number of aryl methyl sites for hydroxylation is 2. The SMILES string of the molecule is Cc1csc(CCCCNC(=O)Cc2coc3ccc4ccccc4c23)n1. The van der Waals surface area contributed by atoms with Gasteiger partial charge in [-0.1, -0.05) is 30.3 Å². The lowest BCUT2D eigenvalue weighted by Crippen LogP contribution is -2.26. The minimum absolute atomic E-state index is 0.0377. The van der Waals surface area contributed by atoms with Gasteiger partial charge in [0.05, 0.1) is 17.7 Å². The third kappa shape index (κ3) is 4.03. The van der Waals surface area contributed by atoms with Crippen LogP contribution in [0, 0.1) is 6.92 Å². The zero-order valence-electron chi connectivity index (χ0n) is 15.3. The molecule has 0 spiro atoms. The number of rotatable bonds is 7. The number of benzene rings is 2.